The highest BCUT2D eigenvalue weighted by Gasteiger charge is 2.22. The van der Waals surface area contributed by atoms with Crippen LogP contribution in [-0.4, -0.2) is 50.8 Å². The SMILES string of the molecule is Nc1ncccc1-c1nc2ccc(-c3ccc(=O)[nH]c3)nc2n1N1CCNCC1. The molecule has 0 atom stereocenters. The van der Waals surface area contributed by atoms with Crippen molar-refractivity contribution < 1.29 is 0 Å². The van der Waals surface area contributed by atoms with Crippen molar-refractivity contribution in [3.05, 3.63) is 59.1 Å². The van der Waals surface area contributed by atoms with E-state index in [1.165, 1.54) is 6.07 Å². The molecule has 0 amide bonds. The molecule has 4 aromatic rings. The fourth-order valence-electron chi connectivity index (χ4n) is 3.58. The number of hydrogen-bond acceptors (Lipinski definition) is 7. The van der Waals surface area contributed by atoms with Crippen LogP contribution in [0.2, 0.25) is 0 Å². The van der Waals surface area contributed by atoms with E-state index < -0.39 is 0 Å². The number of anilines is 1. The highest BCUT2D eigenvalue weighted by molar-refractivity contribution is 5.82. The van der Waals surface area contributed by atoms with Gasteiger partial charge >= 0.3 is 0 Å². The molecule has 1 aliphatic rings. The summed E-state index contributed by atoms with van der Waals surface area (Å²) in [7, 11) is 0. The summed E-state index contributed by atoms with van der Waals surface area (Å²) >= 11 is 0. The first-order chi connectivity index (χ1) is 14.2. The van der Waals surface area contributed by atoms with E-state index in [0.717, 1.165) is 60.0 Å². The molecule has 0 aliphatic carbocycles. The lowest BCUT2D eigenvalue weighted by atomic mass is 10.2. The Kier molecular flexibility index (Phi) is 4.21. The van der Waals surface area contributed by atoms with Gasteiger partial charge in [-0.3, -0.25) is 4.79 Å². The van der Waals surface area contributed by atoms with Crippen LogP contribution >= 0.6 is 0 Å². The van der Waals surface area contributed by atoms with Gasteiger partial charge in [0.2, 0.25) is 5.56 Å². The highest BCUT2D eigenvalue weighted by Crippen LogP contribution is 2.29. The van der Waals surface area contributed by atoms with Gasteiger partial charge in [-0.05, 0) is 30.3 Å². The van der Waals surface area contributed by atoms with E-state index in [1.54, 1.807) is 18.5 Å². The molecule has 0 saturated carbocycles. The highest BCUT2D eigenvalue weighted by atomic mass is 16.1. The third-order valence-electron chi connectivity index (χ3n) is 5.02. The molecule has 1 saturated heterocycles. The average molecular weight is 388 g/mol. The summed E-state index contributed by atoms with van der Waals surface area (Å²) in [5, 5.41) is 5.59. The number of H-pyrrole nitrogens is 1. The number of nitrogens with one attached hydrogen (secondary N) is 2. The van der Waals surface area contributed by atoms with Crippen molar-refractivity contribution in [1.82, 2.24) is 29.9 Å². The van der Waals surface area contributed by atoms with E-state index in [4.69, 9.17) is 15.7 Å². The third kappa shape index (κ3) is 3.11. The number of hydrogen-bond donors (Lipinski definition) is 3. The fourth-order valence-corrected chi connectivity index (χ4v) is 3.58. The molecule has 5 heterocycles. The zero-order valence-electron chi connectivity index (χ0n) is 15.7. The zero-order valence-corrected chi connectivity index (χ0v) is 15.7. The number of piperazine rings is 1. The summed E-state index contributed by atoms with van der Waals surface area (Å²) in [5.41, 5.74) is 9.90. The van der Waals surface area contributed by atoms with E-state index in [0.29, 0.717) is 5.82 Å². The Balaban J connectivity index is 1.73. The van der Waals surface area contributed by atoms with Crippen LogP contribution in [0.5, 0.6) is 0 Å². The van der Waals surface area contributed by atoms with E-state index in [-0.39, 0.29) is 5.56 Å². The van der Waals surface area contributed by atoms with Gasteiger partial charge < -0.3 is 21.0 Å². The first-order valence-electron chi connectivity index (χ1n) is 9.46. The number of imidazole rings is 1. The maximum absolute atomic E-state index is 11.4. The Bertz CT molecular complexity index is 1220. The Hall–Kier alpha value is -3.72. The minimum absolute atomic E-state index is 0.143. The van der Waals surface area contributed by atoms with Crippen molar-refractivity contribution in [2.45, 2.75) is 0 Å². The van der Waals surface area contributed by atoms with Gasteiger partial charge in [0.25, 0.3) is 0 Å². The lowest BCUT2D eigenvalue weighted by Crippen LogP contribution is -2.49. The van der Waals surface area contributed by atoms with Crippen molar-refractivity contribution in [2.75, 3.05) is 36.9 Å². The summed E-state index contributed by atoms with van der Waals surface area (Å²) in [6.07, 6.45) is 3.34. The van der Waals surface area contributed by atoms with Crippen molar-refractivity contribution in [1.29, 1.82) is 0 Å². The predicted octanol–water partition coefficient (Wildman–Crippen LogP) is 0.972. The summed E-state index contributed by atoms with van der Waals surface area (Å²) in [6, 6.07) is 10.9. The van der Waals surface area contributed by atoms with Gasteiger partial charge in [0.15, 0.2) is 11.5 Å². The number of nitrogens with two attached hydrogens (primary N) is 1. The molecule has 4 N–H and O–H groups in total. The fraction of sp³-hybridized carbons (Fsp3) is 0.200. The van der Waals surface area contributed by atoms with Crippen molar-refractivity contribution in [3.63, 3.8) is 0 Å². The minimum Gasteiger partial charge on any atom is -0.383 e. The van der Waals surface area contributed by atoms with E-state index in [2.05, 4.69) is 20.3 Å². The van der Waals surface area contributed by atoms with Gasteiger partial charge in [-0.15, -0.1) is 0 Å². The molecule has 9 heteroatoms. The van der Waals surface area contributed by atoms with E-state index in [9.17, 15) is 4.79 Å². The second-order valence-electron chi connectivity index (χ2n) is 6.87. The largest absolute Gasteiger partial charge is 0.383 e. The van der Waals surface area contributed by atoms with Crippen molar-refractivity contribution in [2.24, 2.45) is 0 Å². The predicted molar refractivity (Wildman–Crippen MR) is 112 cm³/mol. The molecule has 0 unspecified atom stereocenters. The molecule has 1 fully saturated rings. The smallest absolute Gasteiger partial charge is 0.247 e. The third-order valence-corrected chi connectivity index (χ3v) is 5.02. The van der Waals surface area contributed by atoms with Crippen LogP contribution in [-0.2, 0) is 0 Å². The maximum atomic E-state index is 11.4. The van der Waals surface area contributed by atoms with Gasteiger partial charge in [0.05, 0.1) is 11.3 Å². The van der Waals surface area contributed by atoms with E-state index >= 15 is 0 Å². The lowest BCUT2D eigenvalue weighted by molar-refractivity contribution is 0.499. The first kappa shape index (κ1) is 17.4. The summed E-state index contributed by atoms with van der Waals surface area (Å²) in [6.45, 7) is 3.40. The summed E-state index contributed by atoms with van der Waals surface area (Å²) < 4.78 is 2.04. The topological polar surface area (TPSA) is 118 Å². The van der Waals surface area contributed by atoms with Crippen LogP contribution in [0.1, 0.15) is 0 Å². The number of nitrogens with zero attached hydrogens (tertiary/aromatic N) is 5. The van der Waals surface area contributed by atoms with Crippen LogP contribution < -0.4 is 21.6 Å². The van der Waals surface area contributed by atoms with E-state index in [1.807, 2.05) is 28.9 Å². The zero-order chi connectivity index (χ0) is 19.8. The molecule has 0 aromatic carbocycles. The molecule has 4 aromatic heterocycles. The van der Waals surface area contributed by atoms with Crippen LogP contribution in [0.4, 0.5) is 5.82 Å². The molecule has 146 valence electrons. The van der Waals surface area contributed by atoms with Gasteiger partial charge in [-0.25, -0.2) is 19.6 Å². The minimum atomic E-state index is -0.143. The molecule has 0 bridgehead atoms. The van der Waals surface area contributed by atoms with Crippen LogP contribution in [0, 0.1) is 0 Å². The first-order valence-corrected chi connectivity index (χ1v) is 9.46. The lowest BCUT2D eigenvalue weighted by Gasteiger charge is -2.31. The Morgan fingerprint density at radius 3 is 2.66 bits per heavy atom. The summed E-state index contributed by atoms with van der Waals surface area (Å²) in [5.74, 6) is 1.15. The Morgan fingerprint density at radius 1 is 1.03 bits per heavy atom. The van der Waals surface area contributed by atoms with Crippen LogP contribution in [0.3, 0.4) is 0 Å². The van der Waals surface area contributed by atoms with Gasteiger partial charge in [-0.1, -0.05) is 0 Å². The molecule has 5 rings (SSSR count). The second-order valence-corrected chi connectivity index (χ2v) is 6.87. The number of pyridine rings is 3. The average Bonchev–Trinajstić information content (AvgIpc) is 3.13. The van der Waals surface area contributed by atoms with Crippen molar-refractivity contribution in [3.8, 4) is 22.6 Å². The van der Waals surface area contributed by atoms with Gasteiger partial charge in [0, 0.05) is 50.2 Å². The number of nitrogen functional groups attached to an aromatic ring is 1. The quantitative estimate of drug-likeness (QED) is 0.479. The summed E-state index contributed by atoms with van der Waals surface area (Å²) in [4.78, 5) is 28.0. The number of aromatic nitrogens is 5. The molecule has 0 spiro atoms. The molecule has 9 nitrogen and oxygen atoms in total. The number of rotatable bonds is 3. The van der Waals surface area contributed by atoms with Gasteiger partial charge in [-0.2, -0.15) is 0 Å². The monoisotopic (exact) mass is 388 g/mol. The Morgan fingerprint density at radius 2 is 1.90 bits per heavy atom. The molecule has 29 heavy (non-hydrogen) atoms. The second kappa shape index (κ2) is 7.02. The van der Waals surface area contributed by atoms with Gasteiger partial charge in [0.1, 0.15) is 11.3 Å². The number of aromatic amines is 1. The normalized spacial score (nSPS) is 14.4. The molecular formula is C20H20N8O. The number of fused-ring (bicyclic) bond motifs is 1. The molecular weight excluding hydrogens is 368 g/mol. The van der Waals surface area contributed by atoms with Crippen LogP contribution in [0.15, 0.2) is 53.6 Å². The standard InChI is InChI=1S/C20H20N8O/c21-18-14(2-1-7-23-18)19-26-16-5-4-15(13-3-6-17(29)24-12-13)25-20(16)28(19)27-10-8-22-9-11-27/h1-7,12,22H,8-11H2,(H2,21,23)(H,24,29). The Labute approximate surface area is 166 Å². The maximum Gasteiger partial charge on any atom is 0.247 e. The molecule has 1 aliphatic heterocycles. The van der Waals surface area contributed by atoms with Crippen molar-refractivity contribution >= 4 is 17.0 Å². The van der Waals surface area contributed by atoms with Crippen LogP contribution in [0.25, 0.3) is 33.8 Å². The molecule has 0 radical (unpaired) electrons.